The van der Waals surface area contributed by atoms with Crippen molar-refractivity contribution in [3.63, 3.8) is 0 Å². The molecule has 0 radical (unpaired) electrons. The van der Waals surface area contributed by atoms with Crippen LogP contribution in [0, 0.1) is 6.92 Å². The van der Waals surface area contributed by atoms with Gasteiger partial charge in [0.2, 0.25) is 0 Å². The van der Waals surface area contributed by atoms with Crippen molar-refractivity contribution in [1.82, 2.24) is 15.2 Å². The van der Waals surface area contributed by atoms with Crippen LogP contribution in [0.5, 0.6) is 0 Å². The molecule has 1 fully saturated rings. The first kappa shape index (κ1) is 12.6. The van der Waals surface area contributed by atoms with E-state index in [1.54, 1.807) is 0 Å². The van der Waals surface area contributed by atoms with Crippen molar-refractivity contribution < 1.29 is 4.42 Å². The van der Waals surface area contributed by atoms with E-state index in [9.17, 15) is 0 Å². The van der Waals surface area contributed by atoms with Gasteiger partial charge in [-0.15, -0.1) is 0 Å². The number of oxazole rings is 1. The zero-order chi connectivity index (χ0) is 13.2. The summed E-state index contributed by atoms with van der Waals surface area (Å²) in [7, 11) is 2.16. The van der Waals surface area contributed by atoms with E-state index in [1.807, 2.05) is 13.0 Å². The molecule has 3 rings (SSSR count). The number of hydrogen-bond acceptors (Lipinski definition) is 4. The molecule has 1 aromatic carbocycles. The standard InChI is InChI=1S/C15H21N3O/c1-11-17-14-6-3-12(9-15(14)19-11)10-18(2)8-7-16-13-4-5-13/h3,6,9,13,16H,4-5,7-8,10H2,1-2H3. The number of nitrogens with one attached hydrogen (secondary N) is 1. The molecule has 1 aliphatic rings. The minimum absolute atomic E-state index is 0.731. The molecule has 0 amide bonds. The molecular formula is C15H21N3O. The first-order valence-corrected chi connectivity index (χ1v) is 6.99. The summed E-state index contributed by atoms with van der Waals surface area (Å²) in [5, 5.41) is 3.54. The Hall–Kier alpha value is -1.39. The molecule has 0 spiro atoms. The predicted molar refractivity (Wildman–Crippen MR) is 76.1 cm³/mol. The lowest BCUT2D eigenvalue weighted by Gasteiger charge is -2.16. The summed E-state index contributed by atoms with van der Waals surface area (Å²) in [4.78, 5) is 6.65. The van der Waals surface area contributed by atoms with E-state index in [2.05, 4.69) is 34.4 Å². The molecule has 0 saturated heterocycles. The minimum atomic E-state index is 0.731. The Balaban J connectivity index is 1.56. The highest BCUT2D eigenvalue weighted by atomic mass is 16.3. The maximum atomic E-state index is 5.57. The minimum Gasteiger partial charge on any atom is -0.441 e. The maximum absolute atomic E-state index is 5.57. The second kappa shape index (κ2) is 5.31. The van der Waals surface area contributed by atoms with Crippen LogP contribution in [0.4, 0.5) is 0 Å². The molecule has 102 valence electrons. The Bertz CT molecular complexity index is 560. The van der Waals surface area contributed by atoms with E-state index < -0.39 is 0 Å². The topological polar surface area (TPSA) is 41.3 Å². The molecule has 4 nitrogen and oxygen atoms in total. The fraction of sp³-hybridized carbons (Fsp3) is 0.533. The molecule has 0 bridgehead atoms. The van der Waals surface area contributed by atoms with Crippen LogP contribution < -0.4 is 5.32 Å². The van der Waals surface area contributed by atoms with Gasteiger partial charge in [0.25, 0.3) is 0 Å². The smallest absolute Gasteiger partial charge is 0.192 e. The molecular weight excluding hydrogens is 238 g/mol. The lowest BCUT2D eigenvalue weighted by Crippen LogP contribution is -2.30. The zero-order valence-electron chi connectivity index (χ0n) is 11.6. The van der Waals surface area contributed by atoms with Gasteiger partial charge in [-0.05, 0) is 37.6 Å². The van der Waals surface area contributed by atoms with Crippen LogP contribution in [0.1, 0.15) is 24.3 Å². The van der Waals surface area contributed by atoms with Crippen molar-refractivity contribution in [3.05, 3.63) is 29.7 Å². The second-order valence-corrected chi connectivity index (χ2v) is 5.50. The fourth-order valence-corrected chi connectivity index (χ4v) is 2.32. The number of fused-ring (bicyclic) bond motifs is 1. The zero-order valence-corrected chi connectivity index (χ0v) is 11.6. The van der Waals surface area contributed by atoms with Crippen molar-refractivity contribution in [1.29, 1.82) is 0 Å². The number of nitrogens with zero attached hydrogens (tertiary/aromatic N) is 2. The summed E-state index contributed by atoms with van der Waals surface area (Å²) < 4.78 is 5.57. The summed E-state index contributed by atoms with van der Waals surface area (Å²) in [6, 6.07) is 7.06. The molecule has 2 aromatic rings. The van der Waals surface area contributed by atoms with Crippen molar-refractivity contribution >= 4 is 11.1 Å². The second-order valence-electron chi connectivity index (χ2n) is 5.50. The summed E-state index contributed by atoms with van der Waals surface area (Å²) in [6.07, 6.45) is 2.70. The number of likely N-dealkylation sites (N-methyl/N-ethyl adjacent to an activating group) is 1. The van der Waals surface area contributed by atoms with Gasteiger partial charge in [0.05, 0.1) is 0 Å². The highest BCUT2D eigenvalue weighted by Gasteiger charge is 2.19. The Morgan fingerprint density at radius 2 is 2.26 bits per heavy atom. The van der Waals surface area contributed by atoms with Crippen LogP contribution in [0.15, 0.2) is 22.6 Å². The molecule has 4 heteroatoms. The highest BCUT2D eigenvalue weighted by molar-refractivity contribution is 5.73. The fourth-order valence-electron chi connectivity index (χ4n) is 2.32. The molecule has 1 N–H and O–H groups in total. The lowest BCUT2D eigenvalue weighted by atomic mass is 10.2. The van der Waals surface area contributed by atoms with E-state index in [1.165, 1.54) is 18.4 Å². The molecule has 1 saturated carbocycles. The van der Waals surface area contributed by atoms with Gasteiger partial charge >= 0.3 is 0 Å². The van der Waals surface area contributed by atoms with E-state index in [-0.39, 0.29) is 0 Å². The predicted octanol–water partition coefficient (Wildman–Crippen LogP) is 2.32. The van der Waals surface area contributed by atoms with Gasteiger partial charge in [-0.2, -0.15) is 0 Å². The number of hydrogen-bond donors (Lipinski definition) is 1. The van der Waals surface area contributed by atoms with Crippen LogP contribution in [0.25, 0.3) is 11.1 Å². The Morgan fingerprint density at radius 3 is 3.05 bits per heavy atom. The van der Waals surface area contributed by atoms with Gasteiger partial charge < -0.3 is 14.6 Å². The molecule has 1 aliphatic carbocycles. The first-order valence-electron chi connectivity index (χ1n) is 6.99. The summed E-state index contributed by atoms with van der Waals surface area (Å²) in [5.41, 5.74) is 3.11. The third kappa shape index (κ3) is 3.33. The van der Waals surface area contributed by atoms with Crippen LogP contribution >= 0.6 is 0 Å². The Labute approximate surface area is 113 Å². The van der Waals surface area contributed by atoms with Crippen molar-refractivity contribution in [2.45, 2.75) is 32.4 Å². The largest absolute Gasteiger partial charge is 0.441 e. The molecule has 1 heterocycles. The van der Waals surface area contributed by atoms with Gasteiger partial charge in [-0.1, -0.05) is 6.07 Å². The van der Waals surface area contributed by atoms with Crippen molar-refractivity contribution in [2.24, 2.45) is 0 Å². The molecule has 1 aromatic heterocycles. The van der Waals surface area contributed by atoms with E-state index in [0.29, 0.717) is 0 Å². The lowest BCUT2D eigenvalue weighted by molar-refractivity contribution is 0.324. The number of aryl methyl sites for hydroxylation is 1. The average Bonchev–Trinajstić information content (AvgIpc) is 3.09. The summed E-state index contributed by atoms with van der Waals surface area (Å²) in [5.74, 6) is 0.731. The van der Waals surface area contributed by atoms with E-state index >= 15 is 0 Å². The SMILES string of the molecule is Cc1nc2ccc(CN(C)CCNC3CC3)cc2o1. The van der Waals surface area contributed by atoms with E-state index in [4.69, 9.17) is 4.42 Å². The van der Waals surface area contributed by atoms with Crippen molar-refractivity contribution in [3.8, 4) is 0 Å². The average molecular weight is 259 g/mol. The van der Waals surface area contributed by atoms with Crippen LogP contribution in [-0.2, 0) is 6.54 Å². The highest BCUT2D eigenvalue weighted by Crippen LogP contribution is 2.19. The normalized spacial score (nSPS) is 15.5. The quantitative estimate of drug-likeness (QED) is 0.864. The number of aromatic nitrogens is 1. The first-order chi connectivity index (χ1) is 9.20. The van der Waals surface area contributed by atoms with Gasteiger partial charge in [0.15, 0.2) is 11.5 Å². The summed E-state index contributed by atoms with van der Waals surface area (Å²) in [6.45, 7) is 4.98. The van der Waals surface area contributed by atoms with Crippen molar-refractivity contribution in [2.75, 3.05) is 20.1 Å². The van der Waals surface area contributed by atoms with Gasteiger partial charge in [-0.25, -0.2) is 4.98 Å². The van der Waals surface area contributed by atoms with Gasteiger partial charge in [0, 0.05) is 32.6 Å². The van der Waals surface area contributed by atoms with Gasteiger partial charge in [-0.3, -0.25) is 0 Å². The van der Waals surface area contributed by atoms with Crippen LogP contribution in [0.2, 0.25) is 0 Å². The Kier molecular flexibility index (Phi) is 3.53. The molecule has 0 aliphatic heterocycles. The van der Waals surface area contributed by atoms with E-state index in [0.717, 1.165) is 42.7 Å². The maximum Gasteiger partial charge on any atom is 0.192 e. The molecule has 0 atom stereocenters. The Morgan fingerprint density at radius 1 is 1.42 bits per heavy atom. The number of rotatable bonds is 6. The van der Waals surface area contributed by atoms with Gasteiger partial charge in [0.1, 0.15) is 5.52 Å². The van der Waals surface area contributed by atoms with Crippen LogP contribution in [-0.4, -0.2) is 36.1 Å². The van der Waals surface area contributed by atoms with Crippen LogP contribution in [0.3, 0.4) is 0 Å². The monoisotopic (exact) mass is 259 g/mol. The summed E-state index contributed by atoms with van der Waals surface area (Å²) >= 11 is 0. The number of benzene rings is 1. The third-order valence-corrected chi connectivity index (χ3v) is 3.52. The third-order valence-electron chi connectivity index (χ3n) is 3.52. The molecule has 0 unspecified atom stereocenters. The molecule has 19 heavy (non-hydrogen) atoms.